The van der Waals surface area contributed by atoms with Gasteiger partial charge in [0.2, 0.25) is 0 Å². The zero-order valence-electron chi connectivity index (χ0n) is 8.84. The van der Waals surface area contributed by atoms with Gasteiger partial charge in [-0.05, 0) is 64.2 Å². The van der Waals surface area contributed by atoms with E-state index < -0.39 is 0 Å². The summed E-state index contributed by atoms with van der Waals surface area (Å²) in [6.07, 6.45) is 20.0. The van der Waals surface area contributed by atoms with Crippen molar-refractivity contribution in [3.8, 4) is 0 Å². The average molecular weight is 232 g/mol. The second-order valence-electron chi connectivity index (χ2n) is 1.92. The summed E-state index contributed by atoms with van der Waals surface area (Å²) in [4.78, 5) is 0. The molecule has 0 aromatic rings. The van der Waals surface area contributed by atoms with Crippen molar-refractivity contribution < 1.29 is 21.7 Å². The van der Waals surface area contributed by atoms with E-state index in [-0.39, 0.29) is 21.7 Å². The van der Waals surface area contributed by atoms with Gasteiger partial charge in [-0.1, -0.05) is 0 Å². The molecule has 0 spiro atoms. The van der Waals surface area contributed by atoms with Gasteiger partial charge >= 0.3 is 21.7 Å². The van der Waals surface area contributed by atoms with Gasteiger partial charge in [-0.3, -0.25) is 13.2 Å². The van der Waals surface area contributed by atoms with Crippen LogP contribution in [0.15, 0.2) is 13.2 Å². The van der Waals surface area contributed by atoms with Gasteiger partial charge in [0.05, 0.1) is 0 Å². The quantitative estimate of drug-likeness (QED) is 0.444. The maximum Gasteiger partial charge on any atom is 4.00 e. The Morgan fingerprint density at radius 2 is 0.467 bits per heavy atom. The summed E-state index contributed by atoms with van der Waals surface area (Å²) in [7, 11) is 0. The van der Waals surface area contributed by atoms with Crippen LogP contribution in [-0.2, 0) is 21.7 Å². The standard InChI is InChI=1S/2C5H5.2C2H3.Ti/c2*1-2-4-5-3-1;2*1-2;/h2*1-5H;2*1H,2H2;/q;;2*-1;+4. The van der Waals surface area contributed by atoms with E-state index in [1.54, 1.807) is 0 Å². The van der Waals surface area contributed by atoms with Crippen molar-refractivity contribution in [2.24, 2.45) is 0 Å². The smallest absolute Gasteiger partial charge is 0.521 e. The van der Waals surface area contributed by atoms with Gasteiger partial charge in [-0.25, -0.2) is 0 Å². The summed E-state index contributed by atoms with van der Waals surface area (Å²) in [6.45, 7) is 14.0. The van der Waals surface area contributed by atoms with Crippen LogP contribution >= 0.6 is 0 Å². The van der Waals surface area contributed by atoms with Crippen molar-refractivity contribution in [2.75, 3.05) is 0 Å². The Kier molecular flexibility index (Phi) is 32.6. The van der Waals surface area contributed by atoms with E-state index in [9.17, 15) is 0 Å². The van der Waals surface area contributed by atoms with Crippen molar-refractivity contribution in [1.82, 2.24) is 0 Å². The van der Waals surface area contributed by atoms with Gasteiger partial charge in [0.1, 0.15) is 0 Å². The van der Waals surface area contributed by atoms with Crippen LogP contribution in [0, 0.1) is 77.4 Å². The molecule has 0 heterocycles. The van der Waals surface area contributed by atoms with E-state index in [0.717, 1.165) is 0 Å². The molecule has 0 nitrogen and oxygen atoms in total. The van der Waals surface area contributed by atoms with Gasteiger partial charge in [0.15, 0.2) is 0 Å². The van der Waals surface area contributed by atoms with Gasteiger partial charge in [0, 0.05) is 0 Å². The maximum atomic E-state index is 4.25. The number of hydrogen-bond acceptors (Lipinski definition) is 0. The minimum atomic E-state index is 0. The molecule has 0 amide bonds. The molecule has 0 aliphatic heterocycles. The van der Waals surface area contributed by atoms with E-state index in [2.05, 4.69) is 26.3 Å². The molecule has 2 rings (SSSR count). The van der Waals surface area contributed by atoms with Crippen molar-refractivity contribution in [1.29, 1.82) is 0 Å². The van der Waals surface area contributed by atoms with Crippen LogP contribution in [-0.4, -0.2) is 0 Å². The Labute approximate surface area is 112 Å². The van der Waals surface area contributed by atoms with Crippen molar-refractivity contribution >= 4 is 0 Å². The van der Waals surface area contributed by atoms with Crippen LogP contribution in [0.5, 0.6) is 0 Å². The Morgan fingerprint density at radius 1 is 0.400 bits per heavy atom. The molecule has 1 heteroatoms. The van der Waals surface area contributed by atoms with Gasteiger partial charge in [-0.15, -0.1) is 0 Å². The van der Waals surface area contributed by atoms with Crippen LogP contribution in [0.25, 0.3) is 0 Å². The van der Waals surface area contributed by atoms with E-state index in [4.69, 9.17) is 0 Å². The van der Waals surface area contributed by atoms with Crippen molar-refractivity contribution in [3.05, 3.63) is 90.5 Å². The summed E-state index contributed by atoms with van der Waals surface area (Å²) in [5.41, 5.74) is 0. The second-order valence-corrected chi connectivity index (χ2v) is 1.92. The molecule has 74 valence electrons. The Balaban J connectivity index is -0.000000138. The Morgan fingerprint density at radius 3 is 0.533 bits per heavy atom. The van der Waals surface area contributed by atoms with Crippen LogP contribution < -0.4 is 0 Å². The Hall–Kier alpha value is 0.194. The topological polar surface area (TPSA) is 0 Å². The minimum Gasteiger partial charge on any atom is -0.521 e. The molecule has 2 aliphatic rings. The summed E-state index contributed by atoms with van der Waals surface area (Å²) >= 11 is 0. The molecule has 0 saturated heterocycles. The van der Waals surface area contributed by atoms with Gasteiger partial charge in [-0.2, -0.15) is 0 Å². The van der Waals surface area contributed by atoms with Crippen LogP contribution in [0.3, 0.4) is 0 Å². The first-order chi connectivity index (χ1) is 7.00. The predicted molar refractivity (Wildman–Crippen MR) is 62.9 cm³/mol. The van der Waals surface area contributed by atoms with Crippen LogP contribution in [0.4, 0.5) is 0 Å². The van der Waals surface area contributed by atoms with E-state index in [1.165, 1.54) is 0 Å². The third-order valence-electron chi connectivity index (χ3n) is 1.11. The third kappa shape index (κ3) is 20.3. The minimum absolute atomic E-state index is 0. The van der Waals surface area contributed by atoms with Gasteiger partial charge < -0.3 is 13.2 Å². The largest absolute Gasteiger partial charge is 4.00 e. The predicted octanol–water partition coefficient (Wildman–Crippen LogP) is 3.25. The molecular weight excluding hydrogens is 216 g/mol. The molecule has 0 atom stereocenters. The summed E-state index contributed by atoms with van der Waals surface area (Å²) in [5.74, 6) is 0. The molecule has 2 saturated carbocycles. The fourth-order valence-corrected chi connectivity index (χ4v) is 0.642. The fraction of sp³-hybridized carbons (Fsp3) is 0. The van der Waals surface area contributed by atoms with E-state index >= 15 is 0 Å². The molecular formula is C14H16Ti+2. The molecule has 2 fully saturated rings. The Bertz CT molecular complexity index is 56.1. The molecule has 0 N–H and O–H groups in total. The summed E-state index contributed by atoms with van der Waals surface area (Å²) in [6, 6.07) is 0. The molecule has 0 unspecified atom stereocenters. The zero-order valence-corrected chi connectivity index (χ0v) is 10.4. The fourth-order valence-electron chi connectivity index (χ4n) is 0.642. The number of rotatable bonds is 0. The first-order valence-electron chi connectivity index (χ1n) is 4.15. The molecule has 10 radical (unpaired) electrons. The third-order valence-corrected chi connectivity index (χ3v) is 1.11. The summed E-state index contributed by atoms with van der Waals surface area (Å²) < 4.78 is 0. The van der Waals surface area contributed by atoms with E-state index in [1.807, 2.05) is 64.2 Å². The first-order valence-corrected chi connectivity index (χ1v) is 4.15. The van der Waals surface area contributed by atoms with E-state index in [0.29, 0.717) is 0 Å². The summed E-state index contributed by atoms with van der Waals surface area (Å²) in [5, 5.41) is 0. The average Bonchev–Trinajstić information content (AvgIpc) is 3.01. The maximum absolute atomic E-state index is 4.25. The van der Waals surface area contributed by atoms with Crippen molar-refractivity contribution in [3.63, 3.8) is 0 Å². The monoisotopic (exact) mass is 232 g/mol. The van der Waals surface area contributed by atoms with Gasteiger partial charge in [0.25, 0.3) is 0 Å². The second kappa shape index (κ2) is 23.8. The van der Waals surface area contributed by atoms with Crippen molar-refractivity contribution in [2.45, 2.75) is 0 Å². The van der Waals surface area contributed by atoms with Crippen LogP contribution in [0.1, 0.15) is 0 Å². The molecule has 2 aliphatic carbocycles. The molecule has 15 heavy (non-hydrogen) atoms. The zero-order chi connectivity index (χ0) is 11.1. The SMILES string of the molecule is [CH-]=C.[CH-]=C.[CH]1[CH][CH][CH][CH]1.[CH]1[CH][CH][CH][CH]1.[Ti+4]. The molecule has 0 aromatic carbocycles. The number of hydrogen-bond donors (Lipinski definition) is 0. The normalized spacial score (nSPS) is 16.5. The van der Waals surface area contributed by atoms with Crippen LogP contribution in [0.2, 0.25) is 0 Å². The molecule has 0 bridgehead atoms. The molecule has 0 aromatic heterocycles. The first kappa shape index (κ1) is 20.6.